The Balaban J connectivity index is 1.64. The lowest BCUT2D eigenvalue weighted by molar-refractivity contribution is 0.613. The number of nitrogens with zero attached hydrogens (tertiary/aromatic N) is 3. The lowest BCUT2D eigenvalue weighted by Crippen LogP contribution is -2.00. The van der Waals surface area contributed by atoms with Gasteiger partial charge < -0.3 is 4.42 Å². The molecule has 0 radical (unpaired) electrons. The summed E-state index contributed by atoms with van der Waals surface area (Å²) in [6, 6.07) is 13.5. The Labute approximate surface area is 184 Å². The highest BCUT2D eigenvalue weighted by Crippen LogP contribution is 2.32. The molecule has 0 aliphatic carbocycles. The highest BCUT2D eigenvalue weighted by molar-refractivity contribution is 9.10. The standard InChI is InChI=1S/C20H14BrCl2N3OS/c1-2-7-26-19(18-10-13-9-14(21)4-6-17(13)27-18)24-25-20(26)28-11-12-3-5-15(22)16(23)8-12/h2-6,8-10H,1,7,11H2. The van der Waals surface area contributed by atoms with Gasteiger partial charge in [-0.2, -0.15) is 0 Å². The van der Waals surface area contributed by atoms with Gasteiger partial charge in [0.15, 0.2) is 10.9 Å². The van der Waals surface area contributed by atoms with Crippen molar-refractivity contribution in [2.24, 2.45) is 0 Å². The first-order valence-corrected chi connectivity index (χ1v) is 10.9. The van der Waals surface area contributed by atoms with Crippen LogP contribution >= 0.6 is 50.9 Å². The average Bonchev–Trinajstić information content (AvgIpc) is 3.26. The van der Waals surface area contributed by atoms with Gasteiger partial charge in [0.2, 0.25) is 5.82 Å². The minimum absolute atomic E-state index is 0.543. The lowest BCUT2D eigenvalue weighted by Gasteiger charge is -2.07. The molecule has 142 valence electrons. The summed E-state index contributed by atoms with van der Waals surface area (Å²) in [6.45, 7) is 4.43. The molecule has 4 nitrogen and oxygen atoms in total. The number of aromatic nitrogens is 3. The van der Waals surface area contributed by atoms with Crippen LogP contribution in [0.25, 0.3) is 22.6 Å². The molecule has 0 saturated heterocycles. The molecule has 0 atom stereocenters. The molecule has 0 aliphatic heterocycles. The zero-order chi connectivity index (χ0) is 19.7. The van der Waals surface area contributed by atoms with E-state index < -0.39 is 0 Å². The smallest absolute Gasteiger partial charge is 0.200 e. The number of hydrogen-bond donors (Lipinski definition) is 0. The molecule has 8 heteroatoms. The summed E-state index contributed by atoms with van der Waals surface area (Å²) in [5.41, 5.74) is 1.86. The molecule has 0 unspecified atom stereocenters. The first-order valence-electron chi connectivity index (χ1n) is 8.35. The molecule has 0 saturated carbocycles. The van der Waals surface area contributed by atoms with Crippen molar-refractivity contribution >= 4 is 61.9 Å². The topological polar surface area (TPSA) is 43.9 Å². The Kier molecular flexibility index (Phi) is 5.83. The third kappa shape index (κ3) is 4.01. The number of hydrogen-bond acceptors (Lipinski definition) is 4. The molecule has 0 fully saturated rings. The van der Waals surface area contributed by atoms with Crippen LogP contribution in [0.15, 0.2) is 69.2 Å². The first kappa shape index (κ1) is 19.6. The lowest BCUT2D eigenvalue weighted by atomic mass is 10.2. The summed E-state index contributed by atoms with van der Waals surface area (Å²) in [4.78, 5) is 0. The van der Waals surface area contributed by atoms with E-state index in [0.717, 1.165) is 26.2 Å². The second-order valence-corrected chi connectivity index (χ2v) is 8.71. The van der Waals surface area contributed by atoms with Crippen LogP contribution in [0.2, 0.25) is 10.0 Å². The van der Waals surface area contributed by atoms with Gasteiger partial charge in [-0.3, -0.25) is 4.57 Å². The number of benzene rings is 2. The van der Waals surface area contributed by atoms with Gasteiger partial charge in [0.25, 0.3) is 0 Å². The summed E-state index contributed by atoms with van der Waals surface area (Å²) >= 11 is 17.2. The summed E-state index contributed by atoms with van der Waals surface area (Å²) in [6.07, 6.45) is 1.81. The van der Waals surface area contributed by atoms with Gasteiger partial charge in [-0.1, -0.05) is 63.0 Å². The fourth-order valence-corrected chi connectivity index (χ4v) is 4.36. The second-order valence-electron chi connectivity index (χ2n) is 6.04. The molecule has 0 N–H and O–H groups in total. The molecule has 0 amide bonds. The van der Waals surface area contributed by atoms with Gasteiger partial charge in [-0.15, -0.1) is 16.8 Å². The number of thioether (sulfide) groups is 1. The van der Waals surface area contributed by atoms with E-state index in [0.29, 0.717) is 33.9 Å². The molecule has 4 rings (SSSR count). The molecule has 4 aromatic rings. The van der Waals surface area contributed by atoms with Crippen LogP contribution in [0, 0.1) is 0 Å². The monoisotopic (exact) mass is 493 g/mol. The van der Waals surface area contributed by atoms with Gasteiger partial charge in [0, 0.05) is 22.2 Å². The van der Waals surface area contributed by atoms with E-state index in [2.05, 4.69) is 32.7 Å². The number of halogens is 3. The van der Waals surface area contributed by atoms with E-state index in [9.17, 15) is 0 Å². The van der Waals surface area contributed by atoms with Gasteiger partial charge in [-0.25, -0.2) is 0 Å². The Hall–Kier alpha value is -1.73. The minimum Gasteiger partial charge on any atom is -0.453 e. The second kappa shape index (κ2) is 8.33. The molecule has 28 heavy (non-hydrogen) atoms. The van der Waals surface area contributed by atoms with Crippen molar-refractivity contribution in [2.45, 2.75) is 17.5 Å². The maximum Gasteiger partial charge on any atom is 0.200 e. The van der Waals surface area contributed by atoms with Crippen LogP contribution in [-0.2, 0) is 12.3 Å². The number of fused-ring (bicyclic) bond motifs is 1. The maximum atomic E-state index is 6.11. The average molecular weight is 495 g/mol. The van der Waals surface area contributed by atoms with Crippen LogP contribution in [0.1, 0.15) is 5.56 Å². The van der Waals surface area contributed by atoms with Crippen LogP contribution in [0.4, 0.5) is 0 Å². The van der Waals surface area contributed by atoms with Crippen molar-refractivity contribution in [1.29, 1.82) is 0 Å². The number of furan rings is 1. The summed E-state index contributed by atoms with van der Waals surface area (Å²) in [5, 5.41) is 11.6. The zero-order valence-electron chi connectivity index (χ0n) is 14.5. The third-order valence-electron chi connectivity index (χ3n) is 4.08. The van der Waals surface area contributed by atoms with E-state index in [4.69, 9.17) is 27.6 Å². The normalized spacial score (nSPS) is 11.2. The molecule has 2 aromatic heterocycles. The van der Waals surface area contributed by atoms with Crippen molar-refractivity contribution in [1.82, 2.24) is 14.8 Å². The zero-order valence-corrected chi connectivity index (χ0v) is 18.4. The molecule has 2 heterocycles. The van der Waals surface area contributed by atoms with Crippen LogP contribution in [-0.4, -0.2) is 14.8 Å². The van der Waals surface area contributed by atoms with Crippen LogP contribution < -0.4 is 0 Å². The van der Waals surface area contributed by atoms with Crippen molar-refractivity contribution in [2.75, 3.05) is 0 Å². The third-order valence-corrected chi connectivity index (χ3v) is 6.35. The van der Waals surface area contributed by atoms with Gasteiger partial charge in [0.05, 0.1) is 10.0 Å². The molecular formula is C20H14BrCl2N3OS. The fraction of sp³-hybridized carbons (Fsp3) is 0.100. The van der Waals surface area contributed by atoms with Gasteiger partial charge in [0.1, 0.15) is 5.58 Å². The van der Waals surface area contributed by atoms with Crippen molar-refractivity contribution in [3.8, 4) is 11.6 Å². The molecule has 0 aliphatic rings. The predicted molar refractivity (Wildman–Crippen MR) is 119 cm³/mol. The molecular weight excluding hydrogens is 481 g/mol. The van der Waals surface area contributed by atoms with E-state index in [1.165, 1.54) is 0 Å². The van der Waals surface area contributed by atoms with E-state index in [-0.39, 0.29) is 0 Å². The highest BCUT2D eigenvalue weighted by atomic mass is 79.9. The molecule has 2 aromatic carbocycles. The number of rotatable bonds is 6. The number of allylic oxidation sites excluding steroid dienone is 1. The Morgan fingerprint density at radius 1 is 1.11 bits per heavy atom. The van der Waals surface area contributed by atoms with Crippen molar-refractivity contribution in [3.05, 3.63) is 75.2 Å². The first-order chi connectivity index (χ1) is 13.5. The summed E-state index contributed by atoms with van der Waals surface area (Å²) in [5.74, 6) is 2.03. The Morgan fingerprint density at radius 3 is 2.75 bits per heavy atom. The Bertz CT molecular complexity index is 1170. The van der Waals surface area contributed by atoms with Crippen LogP contribution in [0.5, 0.6) is 0 Å². The quantitative estimate of drug-likeness (QED) is 0.209. The fourth-order valence-electron chi connectivity index (χ4n) is 2.77. The summed E-state index contributed by atoms with van der Waals surface area (Å²) < 4.78 is 8.97. The highest BCUT2D eigenvalue weighted by Gasteiger charge is 2.17. The van der Waals surface area contributed by atoms with E-state index in [1.54, 1.807) is 17.8 Å². The maximum absolute atomic E-state index is 6.11. The Morgan fingerprint density at radius 2 is 1.96 bits per heavy atom. The predicted octanol–water partition coefficient (Wildman–Crippen LogP) is 7.24. The SMILES string of the molecule is C=CCn1c(SCc2ccc(Cl)c(Cl)c2)nnc1-c1cc2cc(Br)ccc2o1. The van der Waals surface area contributed by atoms with Crippen molar-refractivity contribution < 1.29 is 4.42 Å². The van der Waals surface area contributed by atoms with Gasteiger partial charge >= 0.3 is 0 Å². The van der Waals surface area contributed by atoms with Crippen LogP contribution in [0.3, 0.4) is 0 Å². The summed E-state index contributed by atoms with van der Waals surface area (Å²) in [7, 11) is 0. The van der Waals surface area contributed by atoms with Crippen molar-refractivity contribution in [3.63, 3.8) is 0 Å². The molecule has 0 spiro atoms. The van der Waals surface area contributed by atoms with E-state index in [1.807, 2.05) is 47.0 Å². The van der Waals surface area contributed by atoms with Gasteiger partial charge in [-0.05, 0) is 42.0 Å². The van der Waals surface area contributed by atoms with E-state index >= 15 is 0 Å². The minimum atomic E-state index is 0.543. The molecule has 0 bridgehead atoms. The largest absolute Gasteiger partial charge is 0.453 e.